The summed E-state index contributed by atoms with van der Waals surface area (Å²) in [5.41, 5.74) is 0. The van der Waals surface area contributed by atoms with Gasteiger partial charge in [0.05, 0.1) is 5.75 Å². The first-order chi connectivity index (χ1) is 3.98. The minimum atomic E-state index is -3.32. The van der Waals surface area contributed by atoms with E-state index in [1.165, 1.54) is 6.92 Å². The molecule has 0 saturated carbocycles. The van der Waals surface area contributed by atoms with Crippen LogP contribution in [0.15, 0.2) is 0 Å². The zero-order valence-corrected chi connectivity index (χ0v) is 6.16. The number of nitrogens with one attached hydrogen (secondary N) is 1. The van der Waals surface area contributed by atoms with E-state index < -0.39 is 15.9 Å². The van der Waals surface area contributed by atoms with E-state index in [0.717, 1.165) is 6.92 Å². The Morgan fingerprint density at radius 3 is 2.00 bits per heavy atom. The average molecular weight is 167 g/mol. The molecule has 0 bridgehead atoms. The fourth-order valence-electron chi connectivity index (χ4n) is 0.291. The van der Waals surface area contributed by atoms with E-state index in [0.29, 0.717) is 0 Å². The van der Waals surface area contributed by atoms with Crippen molar-refractivity contribution in [1.29, 1.82) is 0 Å². The summed E-state index contributed by atoms with van der Waals surface area (Å²) in [4.78, 5) is 10.1. The monoisotopic (exact) mass is 167 g/mol. The molecule has 0 aliphatic rings. The Morgan fingerprint density at radius 2 is 1.90 bits per heavy atom. The van der Waals surface area contributed by atoms with Crippen LogP contribution in [-0.4, -0.2) is 20.1 Å². The molecule has 1 amide bonds. The van der Waals surface area contributed by atoms with Crippen molar-refractivity contribution >= 4 is 15.9 Å². The third kappa shape index (κ3) is 5.55. The van der Waals surface area contributed by atoms with Crippen LogP contribution < -0.4 is 4.72 Å². The number of hydrogen-bond donors (Lipinski definition) is 1. The Bertz CT molecular complexity index is 195. The van der Waals surface area contributed by atoms with Gasteiger partial charge in [-0.1, -0.05) is 7.43 Å². The van der Waals surface area contributed by atoms with Crippen LogP contribution in [0.1, 0.15) is 21.3 Å². The number of hydrogen-bond acceptors (Lipinski definition) is 3. The van der Waals surface area contributed by atoms with Crippen molar-refractivity contribution in [3.63, 3.8) is 0 Å². The molecular weight excluding hydrogens is 154 g/mol. The number of carbonyl (C=O) groups excluding carboxylic acids is 1. The summed E-state index contributed by atoms with van der Waals surface area (Å²) in [6.45, 7) is 2.62. The third-order valence-electron chi connectivity index (χ3n) is 0.679. The molecule has 0 rings (SSSR count). The van der Waals surface area contributed by atoms with E-state index in [1.807, 2.05) is 0 Å². The second-order valence-electron chi connectivity index (χ2n) is 1.56. The summed E-state index contributed by atoms with van der Waals surface area (Å²) in [5.74, 6) is -0.607. The van der Waals surface area contributed by atoms with Gasteiger partial charge in [0.1, 0.15) is 0 Å². The Morgan fingerprint density at radius 1 is 1.50 bits per heavy atom. The largest absolute Gasteiger partial charge is 0.274 e. The summed E-state index contributed by atoms with van der Waals surface area (Å²) < 4.78 is 22.8. The summed E-state index contributed by atoms with van der Waals surface area (Å²) in [7, 11) is -3.32. The van der Waals surface area contributed by atoms with Gasteiger partial charge >= 0.3 is 0 Å². The molecule has 0 atom stereocenters. The van der Waals surface area contributed by atoms with Gasteiger partial charge < -0.3 is 0 Å². The molecule has 0 fully saturated rings. The molecular formula is C5H13NO3S. The summed E-state index contributed by atoms with van der Waals surface area (Å²) in [5, 5.41) is 0. The Labute approximate surface area is 61.7 Å². The Balaban J connectivity index is 0. The van der Waals surface area contributed by atoms with Crippen LogP contribution in [0.5, 0.6) is 0 Å². The highest BCUT2D eigenvalue weighted by Crippen LogP contribution is 1.79. The quantitative estimate of drug-likeness (QED) is 0.634. The van der Waals surface area contributed by atoms with Gasteiger partial charge in [0.2, 0.25) is 15.9 Å². The second-order valence-corrected chi connectivity index (χ2v) is 3.57. The zero-order valence-electron chi connectivity index (χ0n) is 5.34. The van der Waals surface area contributed by atoms with Crippen LogP contribution in [0, 0.1) is 0 Å². The Hall–Kier alpha value is -0.580. The highest BCUT2D eigenvalue weighted by Gasteiger charge is 2.05. The Kier molecular flexibility index (Phi) is 5.18. The van der Waals surface area contributed by atoms with E-state index >= 15 is 0 Å². The van der Waals surface area contributed by atoms with Crippen LogP contribution in [0.4, 0.5) is 0 Å². The molecule has 0 aromatic heterocycles. The third-order valence-corrected chi connectivity index (χ3v) is 2.04. The lowest BCUT2D eigenvalue weighted by Gasteiger charge is -1.97. The molecule has 0 heterocycles. The first kappa shape index (κ1) is 12.1. The maximum Gasteiger partial charge on any atom is 0.234 e. The van der Waals surface area contributed by atoms with Gasteiger partial charge in [-0.15, -0.1) is 0 Å². The molecule has 0 aliphatic carbocycles. The number of carbonyl (C=O) groups is 1. The SMILES string of the molecule is C.CCS(=O)(=O)NC(C)=O. The highest BCUT2D eigenvalue weighted by molar-refractivity contribution is 7.90. The molecule has 1 N–H and O–H groups in total. The predicted molar refractivity (Wildman–Crippen MR) is 40.0 cm³/mol. The molecule has 0 spiro atoms. The predicted octanol–water partition coefficient (Wildman–Crippen LogP) is 0.108. The van der Waals surface area contributed by atoms with Crippen LogP contribution in [0.3, 0.4) is 0 Å². The summed E-state index contributed by atoms with van der Waals surface area (Å²) >= 11 is 0. The van der Waals surface area contributed by atoms with E-state index in [-0.39, 0.29) is 13.2 Å². The fraction of sp³-hybridized carbons (Fsp3) is 0.800. The lowest BCUT2D eigenvalue weighted by atomic mass is 10.8. The normalized spacial score (nSPS) is 9.80. The maximum absolute atomic E-state index is 10.5. The number of sulfonamides is 1. The standard InChI is InChI=1S/C4H9NO3S.CH4/c1-3-9(7,8)5-4(2)6;/h3H2,1-2H3,(H,5,6);1H4. The summed E-state index contributed by atoms with van der Waals surface area (Å²) in [6.07, 6.45) is 0. The van der Waals surface area contributed by atoms with Gasteiger partial charge in [0.15, 0.2) is 0 Å². The minimum absolute atomic E-state index is 0. The van der Waals surface area contributed by atoms with E-state index in [2.05, 4.69) is 0 Å². The molecule has 0 aromatic carbocycles. The second kappa shape index (κ2) is 4.27. The highest BCUT2D eigenvalue weighted by atomic mass is 32.2. The van der Waals surface area contributed by atoms with E-state index in [4.69, 9.17) is 0 Å². The molecule has 62 valence electrons. The zero-order chi connectivity index (χ0) is 7.49. The molecule has 0 aliphatic heterocycles. The molecule has 0 saturated heterocycles. The van der Waals surface area contributed by atoms with Gasteiger partial charge in [-0.3, -0.25) is 9.52 Å². The van der Waals surface area contributed by atoms with Gasteiger partial charge in [-0.05, 0) is 6.92 Å². The smallest absolute Gasteiger partial charge is 0.234 e. The van der Waals surface area contributed by atoms with Gasteiger partial charge in [-0.25, -0.2) is 8.42 Å². The van der Waals surface area contributed by atoms with Crippen molar-refractivity contribution in [2.24, 2.45) is 0 Å². The van der Waals surface area contributed by atoms with Gasteiger partial charge in [-0.2, -0.15) is 0 Å². The van der Waals surface area contributed by atoms with Crippen LogP contribution in [0.25, 0.3) is 0 Å². The topological polar surface area (TPSA) is 63.2 Å². The molecule has 0 radical (unpaired) electrons. The number of amides is 1. The molecule has 5 heteroatoms. The summed E-state index contributed by atoms with van der Waals surface area (Å²) in [6, 6.07) is 0. The van der Waals surface area contributed by atoms with Gasteiger partial charge in [0, 0.05) is 6.92 Å². The van der Waals surface area contributed by atoms with Crippen molar-refractivity contribution in [1.82, 2.24) is 4.72 Å². The molecule has 4 nitrogen and oxygen atoms in total. The molecule has 0 aromatic rings. The lowest BCUT2D eigenvalue weighted by Crippen LogP contribution is -2.29. The van der Waals surface area contributed by atoms with Crippen molar-refractivity contribution in [2.75, 3.05) is 5.75 Å². The fourth-order valence-corrected chi connectivity index (χ4v) is 0.873. The van der Waals surface area contributed by atoms with E-state index in [9.17, 15) is 13.2 Å². The van der Waals surface area contributed by atoms with Crippen LogP contribution in [0.2, 0.25) is 0 Å². The van der Waals surface area contributed by atoms with Crippen molar-refractivity contribution in [3.05, 3.63) is 0 Å². The van der Waals surface area contributed by atoms with Crippen molar-refractivity contribution < 1.29 is 13.2 Å². The minimum Gasteiger partial charge on any atom is -0.274 e. The average Bonchev–Trinajstić information content (AvgIpc) is 1.63. The first-order valence-corrected chi connectivity index (χ1v) is 4.14. The molecule has 0 unspecified atom stereocenters. The van der Waals surface area contributed by atoms with Crippen LogP contribution in [-0.2, 0) is 14.8 Å². The number of rotatable bonds is 2. The lowest BCUT2D eigenvalue weighted by molar-refractivity contribution is -0.117. The maximum atomic E-state index is 10.5. The molecule has 10 heavy (non-hydrogen) atoms. The van der Waals surface area contributed by atoms with E-state index in [1.54, 1.807) is 4.72 Å². The van der Waals surface area contributed by atoms with Gasteiger partial charge in [0.25, 0.3) is 0 Å². The van der Waals surface area contributed by atoms with Crippen molar-refractivity contribution in [2.45, 2.75) is 21.3 Å². The van der Waals surface area contributed by atoms with Crippen molar-refractivity contribution in [3.8, 4) is 0 Å². The van der Waals surface area contributed by atoms with Crippen LogP contribution >= 0.6 is 0 Å². The first-order valence-electron chi connectivity index (χ1n) is 2.49.